The molecule has 0 spiro atoms. The van der Waals surface area contributed by atoms with Crippen molar-refractivity contribution in [2.75, 3.05) is 19.7 Å². The Morgan fingerprint density at radius 2 is 1.90 bits per heavy atom. The van der Waals surface area contributed by atoms with Gasteiger partial charge in [-0.2, -0.15) is 0 Å². The van der Waals surface area contributed by atoms with E-state index in [2.05, 4.69) is 12.2 Å². The van der Waals surface area contributed by atoms with Crippen molar-refractivity contribution >= 4 is 0 Å². The second kappa shape index (κ2) is 6.02. The van der Waals surface area contributed by atoms with Crippen molar-refractivity contribution in [1.29, 1.82) is 0 Å². The van der Waals surface area contributed by atoms with Gasteiger partial charge in [-0.05, 0) is 44.0 Å². The molecule has 1 fully saturated rings. The van der Waals surface area contributed by atoms with Crippen LogP contribution in [-0.4, -0.2) is 31.8 Å². The Kier molecular flexibility index (Phi) is 4.13. The van der Waals surface area contributed by atoms with E-state index in [1.54, 1.807) is 0 Å². The van der Waals surface area contributed by atoms with Crippen LogP contribution in [0.1, 0.15) is 19.8 Å². The Morgan fingerprint density at radius 3 is 2.65 bits per heavy atom. The molecule has 1 saturated heterocycles. The molecule has 1 aromatic carbocycles. The molecule has 3 atom stereocenters. The lowest BCUT2D eigenvalue weighted by atomic mass is 9.81. The molecular weight excluding hydrogens is 252 g/mol. The van der Waals surface area contributed by atoms with Gasteiger partial charge in [0.15, 0.2) is 11.5 Å². The van der Waals surface area contributed by atoms with Crippen LogP contribution in [0.3, 0.4) is 0 Å². The minimum atomic E-state index is 0.0507. The van der Waals surface area contributed by atoms with E-state index in [4.69, 9.17) is 15.2 Å². The predicted molar refractivity (Wildman–Crippen MR) is 79.1 cm³/mol. The summed E-state index contributed by atoms with van der Waals surface area (Å²) in [4.78, 5) is 0. The van der Waals surface area contributed by atoms with Gasteiger partial charge < -0.3 is 20.5 Å². The van der Waals surface area contributed by atoms with Gasteiger partial charge >= 0.3 is 0 Å². The molecule has 0 radical (unpaired) electrons. The molecule has 0 amide bonds. The first-order valence-corrected chi connectivity index (χ1v) is 7.60. The van der Waals surface area contributed by atoms with Gasteiger partial charge in [0.25, 0.3) is 0 Å². The number of hydrogen-bond donors (Lipinski definition) is 2. The molecule has 3 unspecified atom stereocenters. The van der Waals surface area contributed by atoms with Crippen molar-refractivity contribution in [1.82, 2.24) is 5.32 Å². The molecule has 0 aromatic heterocycles. The smallest absolute Gasteiger partial charge is 0.161 e. The normalized spacial score (nSPS) is 26.0. The van der Waals surface area contributed by atoms with Crippen LogP contribution in [0, 0.1) is 11.8 Å². The molecule has 3 rings (SSSR count). The summed E-state index contributed by atoms with van der Waals surface area (Å²) in [7, 11) is 0. The van der Waals surface area contributed by atoms with E-state index in [0.29, 0.717) is 18.4 Å². The largest absolute Gasteiger partial charge is 0.486 e. The number of fused-ring (bicyclic) bond motifs is 1. The zero-order chi connectivity index (χ0) is 13.9. The van der Waals surface area contributed by atoms with E-state index in [1.165, 1.54) is 0 Å². The summed E-state index contributed by atoms with van der Waals surface area (Å²) in [6.07, 6.45) is 2.38. The standard InChI is InChI=1S/C16H24N2O2/c1-11(16(17)12-6-8-18-9-7-12)15-10-19-13-4-2-3-5-14(13)20-15/h2-5,11-12,15-16,18H,6-10,17H2,1H3. The van der Waals surface area contributed by atoms with E-state index in [1.807, 2.05) is 24.3 Å². The van der Waals surface area contributed by atoms with Crippen LogP contribution in [0.25, 0.3) is 0 Å². The predicted octanol–water partition coefficient (Wildman–Crippen LogP) is 1.79. The van der Waals surface area contributed by atoms with Crippen LogP contribution in [0.2, 0.25) is 0 Å². The zero-order valence-corrected chi connectivity index (χ0v) is 12.0. The third kappa shape index (κ3) is 2.76. The summed E-state index contributed by atoms with van der Waals surface area (Å²) in [6, 6.07) is 8.03. The topological polar surface area (TPSA) is 56.5 Å². The van der Waals surface area contributed by atoms with Crippen LogP contribution in [0.5, 0.6) is 11.5 Å². The highest BCUT2D eigenvalue weighted by Gasteiger charge is 2.33. The number of nitrogens with one attached hydrogen (secondary N) is 1. The summed E-state index contributed by atoms with van der Waals surface area (Å²) in [6.45, 7) is 4.94. The first kappa shape index (κ1) is 13.7. The van der Waals surface area contributed by atoms with Crippen LogP contribution in [0.15, 0.2) is 24.3 Å². The molecule has 4 heteroatoms. The maximum Gasteiger partial charge on any atom is 0.161 e. The Labute approximate surface area is 120 Å². The molecule has 20 heavy (non-hydrogen) atoms. The summed E-state index contributed by atoms with van der Waals surface area (Å²) in [5.74, 6) is 2.57. The van der Waals surface area contributed by atoms with Crippen molar-refractivity contribution in [2.24, 2.45) is 17.6 Å². The Morgan fingerprint density at radius 1 is 1.20 bits per heavy atom. The highest BCUT2D eigenvalue weighted by molar-refractivity contribution is 5.40. The second-order valence-corrected chi connectivity index (χ2v) is 5.94. The van der Waals surface area contributed by atoms with Gasteiger partial charge in [0.05, 0.1) is 0 Å². The molecule has 2 aliphatic rings. The summed E-state index contributed by atoms with van der Waals surface area (Å²) in [5.41, 5.74) is 6.48. The van der Waals surface area contributed by atoms with Gasteiger partial charge in [0.1, 0.15) is 12.7 Å². The van der Waals surface area contributed by atoms with Crippen molar-refractivity contribution in [3.05, 3.63) is 24.3 Å². The average molecular weight is 276 g/mol. The Hall–Kier alpha value is -1.26. The molecule has 4 nitrogen and oxygen atoms in total. The molecule has 0 bridgehead atoms. The molecule has 0 aliphatic carbocycles. The van der Waals surface area contributed by atoms with Crippen molar-refractivity contribution in [3.8, 4) is 11.5 Å². The molecule has 0 saturated carbocycles. The lowest BCUT2D eigenvalue weighted by Crippen LogP contribution is -2.49. The lowest BCUT2D eigenvalue weighted by Gasteiger charge is -2.37. The fourth-order valence-electron chi connectivity index (χ4n) is 3.20. The van der Waals surface area contributed by atoms with Crippen molar-refractivity contribution in [2.45, 2.75) is 31.9 Å². The maximum atomic E-state index is 6.48. The number of benzene rings is 1. The third-order valence-corrected chi connectivity index (χ3v) is 4.65. The number of para-hydroxylation sites is 2. The Balaban J connectivity index is 1.64. The molecule has 110 valence electrons. The SMILES string of the molecule is CC(C1COc2ccccc2O1)C(N)C1CCNCC1. The maximum absolute atomic E-state index is 6.48. The number of nitrogens with two attached hydrogens (primary N) is 1. The van der Waals surface area contributed by atoms with Gasteiger partial charge in [0, 0.05) is 12.0 Å². The van der Waals surface area contributed by atoms with Crippen LogP contribution < -0.4 is 20.5 Å². The van der Waals surface area contributed by atoms with E-state index in [-0.39, 0.29) is 12.1 Å². The monoisotopic (exact) mass is 276 g/mol. The number of piperidine rings is 1. The number of hydrogen-bond acceptors (Lipinski definition) is 4. The quantitative estimate of drug-likeness (QED) is 0.884. The highest BCUT2D eigenvalue weighted by atomic mass is 16.6. The fourth-order valence-corrected chi connectivity index (χ4v) is 3.20. The minimum absolute atomic E-state index is 0.0507. The lowest BCUT2D eigenvalue weighted by molar-refractivity contribution is 0.0345. The zero-order valence-electron chi connectivity index (χ0n) is 12.0. The van der Waals surface area contributed by atoms with Crippen molar-refractivity contribution < 1.29 is 9.47 Å². The van der Waals surface area contributed by atoms with Crippen LogP contribution >= 0.6 is 0 Å². The van der Waals surface area contributed by atoms with Crippen LogP contribution in [0.4, 0.5) is 0 Å². The average Bonchev–Trinajstić information content (AvgIpc) is 2.54. The molecule has 1 aromatic rings. The molecule has 2 heterocycles. The van der Waals surface area contributed by atoms with Crippen molar-refractivity contribution in [3.63, 3.8) is 0 Å². The van der Waals surface area contributed by atoms with Crippen LogP contribution in [-0.2, 0) is 0 Å². The highest BCUT2D eigenvalue weighted by Crippen LogP contribution is 2.34. The summed E-state index contributed by atoms with van der Waals surface area (Å²) < 4.78 is 11.9. The molecule has 2 aliphatic heterocycles. The summed E-state index contributed by atoms with van der Waals surface area (Å²) in [5, 5.41) is 3.39. The van der Waals surface area contributed by atoms with Gasteiger partial charge in [-0.3, -0.25) is 0 Å². The van der Waals surface area contributed by atoms with E-state index < -0.39 is 0 Å². The first-order valence-electron chi connectivity index (χ1n) is 7.60. The second-order valence-electron chi connectivity index (χ2n) is 5.94. The number of ether oxygens (including phenoxy) is 2. The van der Waals surface area contributed by atoms with Gasteiger partial charge in [-0.25, -0.2) is 0 Å². The molecular formula is C16H24N2O2. The van der Waals surface area contributed by atoms with E-state index >= 15 is 0 Å². The fraction of sp³-hybridized carbons (Fsp3) is 0.625. The van der Waals surface area contributed by atoms with E-state index in [9.17, 15) is 0 Å². The van der Waals surface area contributed by atoms with Gasteiger partial charge in [-0.1, -0.05) is 19.1 Å². The summed E-state index contributed by atoms with van der Waals surface area (Å²) >= 11 is 0. The van der Waals surface area contributed by atoms with Gasteiger partial charge in [0.2, 0.25) is 0 Å². The van der Waals surface area contributed by atoms with E-state index in [0.717, 1.165) is 37.4 Å². The number of rotatable bonds is 3. The minimum Gasteiger partial charge on any atom is -0.486 e. The third-order valence-electron chi connectivity index (χ3n) is 4.65. The molecule has 3 N–H and O–H groups in total. The Bertz CT molecular complexity index is 446. The first-order chi connectivity index (χ1) is 9.75. The van der Waals surface area contributed by atoms with Gasteiger partial charge in [-0.15, -0.1) is 0 Å².